The molecule has 0 atom stereocenters. The first kappa shape index (κ1) is 12.0. The monoisotopic (exact) mass is 201 g/mol. The van der Waals surface area contributed by atoms with E-state index in [1.807, 2.05) is 6.07 Å². The summed E-state index contributed by atoms with van der Waals surface area (Å²) in [5.41, 5.74) is 1.19. The Morgan fingerprint density at radius 2 is 1.73 bits per heavy atom. The van der Waals surface area contributed by atoms with Gasteiger partial charge in [-0.15, -0.1) is 0 Å². The van der Waals surface area contributed by atoms with Gasteiger partial charge in [-0.1, -0.05) is 69.0 Å². The lowest BCUT2D eigenvalue weighted by atomic mass is 10.1. The minimum Gasteiger partial charge on any atom is -0.0760 e. The average molecular weight is 201 g/mol. The third-order valence-corrected chi connectivity index (χ3v) is 2.49. The third kappa shape index (κ3) is 6.11. The van der Waals surface area contributed by atoms with Crippen LogP contribution in [0.15, 0.2) is 36.4 Å². The first-order valence-corrected chi connectivity index (χ1v) is 6.06. The van der Waals surface area contributed by atoms with Gasteiger partial charge >= 0.3 is 0 Å². The summed E-state index contributed by atoms with van der Waals surface area (Å²) in [6.07, 6.45) is 13.4. The Bertz CT molecular complexity index is 259. The second-order valence-electron chi connectivity index (χ2n) is 3.92. The lowest BCUT2D eigenvalue weighted by molar-refractivity contribution is 0.637. The molecule has 0 saturated heterocycles. The standard InChI is InChI=1S/C15H21/c1-2-3-4-5-6-7-9-12-15-13-10-8-11-14-15/h8-11,13-14H,2-7H2,1H3. The number of rotatable bonds is 7. The molecular formula is C15H21. The fourth-order valence-electron chi connectivity index (χ4n) is 1.57. The summed E-state index contributed by atoms with van der Waals surface area (Å²) >= 11 is 0. The topological polar surface area (TPSA) is 0 Å². The van der Waals surface area contributed by atoms with Crippen LogP contribution < -0.4 is 0 Å². The predicted molar refractivity (Wildman–Crippen MR) is 66.7 cm³/mol. The number of unbranched alkanes of at least 4 members (excludes halogenated alkanes) is 5. The van der Waals surface area contributed by atoms with Crippen LogP contribution in [0, 0.1) is 6.08 Å². The fourth-order valence-corrected chi connectivity index (χ4v) is 1.57. The molecule has 0 unspecified atom stereocenters. The zero-order valence-corrected chi connectivity index (χ0v) is 9.71. The van der Waals surface area contributed by atoms with Gasteiger partial charge < -0.3 is 0 Å². The van der Waals surface area contributed by atoms with Crippen molar-refractivity contribution in [2.24, 2.45) is 0 Å². The zero-order valence-electron chi connectivity index (χ0n) is 9.71. The van der Waals surface area contributed by atoms with Gasteiger partial charge in [0, 0.05) is 0 Å². The lowest BCUT2D eigenvalue weighted by Gasteiger charge is -1.96. The van der Waals surface area contributed by atoms with E-state index in [1.54, 1.807) is 0 Å². The summed E-state index contributed by atoms with van der Waals surface area (Å²) in [6, 6.07) is 10.3. The smallest absolute Gasteiger partial charge is 0.0149 e. The molecule has 0 N–H and O–H groups in total. The summed E-state index contributed by atoms with van der Waals surface area (Å²) < 4.78 is 0. The van der Waals surface area contributed by atoms with Crippen molar-refractivity contribution >= 4 is 0 Å². The van der Waals surface area contributed by atoms with Crippen LogP contribution >= 0.6 is 0 Å². The van der Waals surface area contributed by atoms with Gasteiger partial charge in [0.05, 0.1) is 0 Å². The van der Waals surface area contributed by atoms with Crippen molar-refractivity contribution < 1.29 is 0 Å². The number of allylic oxidation sites excluding steroid dienone is 1. The molecule has 0 saturated carbocycles. The number of hydrogen-bond acceptors (Lipinski definition) is 0. The minimum atomic E-state index is 1.17. The first-order valence-electron chi connectivity index (χ1n) is 6.06. The molecule has 0 heteroatoms. The fraction of sp³-hybridized carbons (Fsp3) is 0.467. The first-order chi connectivity index (χ1) is 7.43. The SMILES string of the molecule is CCCCCCCC=[C]c1ccccc1. The van der Waals surface area contributed by atoms with Crippen LogP contribution in [-0.2, 0) is 0 Å². The van der Waals surface area contributed by atoms with E-state index in [4.69, 9.17) is 0 Å². The van der Waals surface area contributed by atoms with Crippen molar-refractivity contribution in [2.45, 2.75) is 45.4 Å². The van der Waals surface area contributed by atoms with E-state index >= 15 is 0 Å². The molecule has 0 aromatic heterocycles. The highest BCUT2D eigenvalue weighted by atomic mass is 13.9. The van der Waals surface area contributed by atoms with Crippen LogP contribution in [0.25, 0.3) is 0 Å². The van der Waals surface area contributed by atoms with Crippen molar-refractivity contribution in [3.63, 3.8) is 0 Å². The summed E-state index contributed by atoms with van der Waals surface area (Å²) in [6.45, 7) is 2.25. The molecule has 0 aliphatic heterocycles. The van der Waals surface area contributed by atoms with E-state index < -0.39 is 0 Å². The molecule has 1 aromatic carbocycles. The Hall–Kier alpha value is -1.04. The highest BCUT2D eigenvalue weighted by molar-refractivity contribution is 5.21. The van der Waals surface area contributed by atoms with Gasteiger partial charge in [0.15, 0.2) is 0 Å². The molecular weight excluding hydrogens is 180 g/mol. The van der Waals surface area contributed by atoms with Crippen molar-refractivity contribution in [1.29, 1.82) is 0 Å². The molecule has 0 aliphatic carbocycles. The molecule has 1 rings (SSSR count). The maximum absolute atomic E-state index is 3.31. The van der Waals surface area contributed by atoms with Gasteiger partial charge in [-0.2, -0.15) is 0 Å². The largest absolute Gasteiger partial charge is 0.0760 e. The van der Waals surface area contributed by atoms with Gasteiger partial charge in [-0.3, -0.25) is 0 Å². The van der Waals surface area contributed by atoms with Crippen LogP contribution in [0.5, 0.6) is 0 Å². The number of benzene rings is 1. The van der Waals surface area contributed by atoms with Gasteiger partial charge in [-0.25, -0.2) is 0 Å². The van der Waals surface area contributed by atoms with E-state index in [0.29, 0.717) is 0 Å². The molecule has 0 spiro atoms. The molecule has 1 radical (unpaired) electrons. The highest BCUT2D eigenvalue weighted by Gasteiger charge is 1.87. The molecule has 1 aromatic rings. The van der Waals surface area contributed by atoms with Gasteiger partial charge in [0.2, 0.25) is 0 Å². The maximum Gasteiger partial charge on any atom is -0.0149 e. The van der Waals surface area contributed by atoms with E-state index in [2.05, 4.69) is 43.3 Å². The van der Waals surface area contributed by atoms with Crippen LogP contribution in [0.3, 0.4) is 0 Å². The molecule has 0 fully saturated rings. The Labute approximate surface area is 94.0 Å². The predicted octanol–water partition coefficient (Wildman–Crippen LogP) is 4.75. The average Bonchev–Trinajstić information content (AvgIpc) is 2.29. The Kier molecular flexibility index (Phi) is 6.64. The number of hydrogen-bond donors (Lipinski definition) is 0. The zero-order chi connectivity index (χ0) is 10.8. The van der Waals surface area contributed by atoms with Crippen LogP contribution in [0.4, 0.5) is 0 Å². The maximum atomic E-state index is 3.31. The van der Waals surface area contributed by atoms with E-state index in [9.17, 15) is 0 Å². The molecule has 15 heavy (non-hydrogen) atoms. The lowest BCUT2D eigenvalue weighted by Crippen LogP contribution is -1.77. The third-order valence-electron chi connectivity index (χ3n) is 2.49. The molecule has 0 heterocycles. The van der Waals surface area contributed by atoms with Crippen molar-refractivity contribution in [1.82, 2.24) is 0 Å². The van der Waals surface area contributed by atoms with E-state index in [-0.39, 0.29) is 0 Å². The Balaban J connectivity index is 2.07. The second kappa shape index (κ2) is 8.28. The van der Waals surface area contributed by atoms with Crippen molar-refractivity contribution in [3.05, 3.63) is 48.0 Å². The Morgan fingerprint density at radius 1 is 1.00 bits per heavy atom. The quantitative estimate of drug-likeness (QED) is 0.558. The highest BCUT2D eigenvalue weighted by Crippen LogP contribution is 2.06. The summed E-state index contributed by atoms with van der Waals surface area (Å²) in [5, 5.41) is 0. The molecule has 0 amide bonds. The molecule has 81 valence electrons. The van der Waals surface area contributed by atoms with Crippen LogP contribution in [0.2, 0.25) is 0 Å². The molecule has 0 bridgehead atoms. The van der Waals surface area contributed by atoms with E-state index in [0.717, 1.165) is 0 Å². The molecule has 0 aliphatic rings. The van der Waals surface area contributed by atoms with Gasteiger partial charge in [0.1, 0.15) is 0 Å². The van der Waals surface area contributed by atoms with E-state index in [1.165, 1.54) is 44.1 Å². The summed E-state index contributed by atoms with van der Waals surface area (Å²) in [7, 11) is 0. The molecule has 0 nitrogen and oxygen atoms in total. The summed E-state index contributed by atoms with van der Waals surface area (Å²) in [5.74, 6) is 0. The minimum absolute atomic E-state index is 1.17. The normalized spacial score (nSPS) is 11.0. The second-order valence-corrected chi connectivity index (χ2v) is 3.92. The van der Waals surface area contributed by atoms with Gasteiger partial charge in [0.25, 0.3) is 0 Å². The van der Waals surface area contributed by atoms with Gasteiger partial charge in [-0.05, 0) is 24.5 Å². The van der Waals surface area contributed by atoms with Crippen LogP contribution in [-0.4, -0.2) is 0 Å². The van der Waals surface area contributed by atoms with Crippen molar-refractivity contribution in [2.75, 3.05) is 0 Å². The van der Waals surface area contributed by atoms with Crippen LogP contribution in [0.1, 0.15) is 51.0 Å². The summed E-state index contributed by atoms with van der Waals surface area (Å²) in [4.78, 5) is 0. The Morgan fingerprint density at radius 3 is 2.47 bits per heavy atom. The van der Waals surface area contributed by atoms with Crippen molar-refractivity contribution in [3.8, 4) is 0 Å².